The summed E-state index contributed by atoms with van der Waals surface area (Å²) in [5.41, 5.74) is 0. The molecule has 6 heteroatoms. The number of nitrogens with one attached hydrogen (secondary N) is 1. The lowest BCUT2D eigenvalue weighted by Crippen LogP contribution is -2.53. The molecule has 6 nitrogen and oxygen atoms in total. The highest BCUT2D eigenvalue weighted by atomic mass is 16.3. The van der Waals surface area contributed by atoms with E-state index in [9.17, 15) is 25.2 Å². The molecular formula is C32H65NO5. The molecule has 228 valence electrons. The Morgan fingerprint density at radius 3 is 1.29 bits per heavy atom. The van der Waals surface area contributed by atoms with Crippen LogP contribution in [0.4, 0.5) is 0 Å². The highest BCUT2D eigenvalue weighted by Crippen LogP contribution is 2.15. The molecule has 4 atom stereocenters. The summed E-state index contributed by atoms with van der Waals surface area (Å²) in [5.74, 6) is -0.590. The molecule has 0 aromatic heterocycles. The molecule has 0 aliphatic heterocycles. The van der Waals surface area contributed by atoms with Gasteiger partial charge >= 0.3 is 0 Å². The molecule has 0 saturated carbocycles. The molecule has 0 spiro atoms. The normalized spacial score (nSPS) is 14.8. The molecule has 0 radical (unpaired) electrons. The Hall–Kier alpha value is -0.690. The minimum absolute atomic E-state index is 0.373. The van der Waals surface area contributed by atoms with Gasteiger partial charge in [-0.1, -0.05) is 155 Å². The van der Waals surface area contributed by atoms with Crippen LogP contribution in [-0.2, 0) is 4.79 Å². The first kappa shape index (κ1) is 37.3. The smallest absolute Gasteiger partial charge is 0.249 e. The van der Waals surface area contributed by atoms with Crippen molar-refractivity contribution in [1.29, 1.82) is 0 Å². The zero-order valence-corrected chi connectivity index (χ0v) is 25.2. The molecule has 0 aliphatic carbocycles. The van der Waals surface area contributed by atoms with Crippen molar-refractivity contribution in [2.24, 2.45) is 0 Å². The minimum atomic E-state index is -1.25. The van der Waals surface area contributed by atoms with Gasteiger partial charge in [0.25, 0.3) is 0 Å². The summed E-state index contributed by atoms with van der Waals surface area (Å²) in [4.78, 5) is 12.3. The topological polar surface area (TPSA) is 110 Å². The predicted octanol–water partition coefficient (Wildman–Crippen LogP) is 6.95. The number of carbonyl (C=O) groups is 1. The van der Waals surface area contributed by atoms with E-state index in [-0.39, 0.29) is 0 Å². The number of aliphatic hydroxyl groups excluding tert-OH is 4. The van der Waals surface area contributed by atoms with Crippen molar-refractivity contribution in [1.82, 2.24) is 5.32 Å². The van der Waals surface area contributed by atoms with Gasteiger partial charge in [0.2, 0.25) is 5.91 Å². The Kier molecular flexibility index (Phi) is 27.4. The van der Waals surface area contributed by atoms with Gasteiger partial charge in [0.15, 0.2) is 0 Å². The van der Waals surface area contributed by atoms with Crippen molar-refractivity contribution in [3.63, 3.8) is 0 Å². The summed E-state index contributed by atoms with van der Waals surface area (Å²) in [6.45, 7) is 3.90. The van der Waals surface area contributed by atoms with Crippen LogP contribution in [0.2, 0.25) is 0 Å². The van der Waals surface area contributed by atoms with E-state index in [1.165, 1.54) is 96.3 Å². The molecule has 0 aliphatic rings. The Morgan fingerprint density at radius 2 is 0.895 bits per heavy atom. The second kappa shape index (κ2) is 27.9. The molecule has 0 bridgehead atoms. The summed E-state index contributed by atoms with van der Waals surface area (Å²) < 4.78 is 0. The fraction of sp³-hybridized carbons (Fsp3) is 0.969. The van der Waals surface area contributed by atoms with Crippen LogP contribution in [0.1, 0.15) is 168 Å². The highest BCUT2D eigenvalue weighted by Gasteiger charge is 2.28. The molecule has 1 amide bonds. The third-order valence-corrected chi connectivity index (χ3v) is 7.82. The first-order valence-electron chi connectivity index (χ1n) is 16.4. The molecule has 0 aromatic carbocycles. The average molecular weight is 544 g/mol. The number of unbranched alkanes of at least 4 members (excludes halogenated alkanes) is 20. The number of hydrogen-bond acceptors (Lipinski definition) is 5. The lowest BCUT2D eigenvalue weighted by Gasteiger charge is -2.27. The SMILES string of the molecule is CCCCCCCCCCCCCCCCCCCCC(O)C(=O)NC(CO)C(O)C(O)CCCCCC. The fourth-order valence-corrected chi connectivity index (χ4v) is 5.11. The monoisotopic (exact) mass is 543 g/mol. The molecule has 38 heavy (non-hydrogen) atoms. The predicted molar refractivity (Wildman–Crippen MR) is 159 cm³/mol. The van der Waals surface area contributed by atoms with Gasteiger partial charge in [-0.2, -0.15) is 0 Å². The first-order valence-corrected chi connectivity index (χ1v) is 16.4. The molecule has 0 fully saturated rings. The Balaban J connectivity index is 3.66. The summed E-state index contributed by atoms with van der Waals surface area (Å²) in [6.07, 6.45) is 24.7. The number of aliphatic hydroxyl groups is 4. The molecular weight excluding hydrogens is 478 g/mol. The van der Waals surface area contributed by atoms with E-state index >= 15 is 0 Å². The summed E-state index contributed by atoms with van der Waals surface area (Å²) in [6, 6.07) is -0.973. The number of rotatable bonds is 29. The molecule has 0 rings (SSSR count). The summed E-state index contributed by atoms with van der Waals surface area (Å²) >= 11 is 0. The third-order valence-electron chi connectivity index (χ3n) is 7.82. The van der Waals surface area contributed by atoms with Gasteiger partial charge in [-0.25, -0.2) is 0 Å². The molecule has 4 unspecified atom stereocenters. The first-order chi connectivity index (χ1) is 18.5. The van der Waals surface area contributed by atoms with Crippen molar-refractivity contribution >= 4 is 5.91 Å². The van der Waals surface area contributed by atoms with Crippen LogP contribution in [0.25, 0.3) is 0 Å². The Bertz CT molecular complexity index is 504. The largest absolute Gasteiger partial charge is 0.394 e. The number of hydrogen-bond donors (Lipinski definition) is 5. The molecule has 5 N–H and O–H groups in total. The molecule has 0 saturated heterocycles. The standard InChI is InChI=1S/C32H65NO5/c1-3-5-7-9-10-11-12-13-14-15-16-17-18-19-20-21-22-24-26-30(36)32(38)33-28(27-34)31(37)29(35)25-23-8-6-4-2/h28-31,34-37H,3-27H2,1-2H3,(H,33,38). The van der Waals surface area contributed by atoms with Gasteiger partial charge in [0.1, 0.15) is 12.2 Å². The van der Waals surface area contributed by atoms with Gasteiger partial charge in [-0.05, 0) is 12.8 Å². The zero-order chi connectivity index (χ0) is 28.3. The van der Waals surface area contributed by atoms with Crippen molar-refractivity contribution in [3.05, 3.63) is 0 Å². The van der Waals surface area contributed by atoms with Gasteiger partial charge < -0.3 is 25.7 Å². The van der Waals surface area contributed by atoms with Crippen LogP contribution >= 0.6 is 0 Å². The van der Waals surface area contributed by atoms with Crippen LogP contribution in [0, 0.1) is 0 Å². The maximum atomic E-state index is 12.3. The number of carbonyl (C=O) groups excluding carboxylic acids is 1. The van der Waals surface area contributed by atoms with Crippen LogP contribution in [-0.4, -0.2) is 57.3 Å². The van der Waals surface area contributed by atoms with Crippen LogP contribution in [0.15, 0.2) is 0 Å². The maximum absolute atomic E-state index is 12.3. The lowest BCUT2D eigenvalue weighted by molar-refractivity contribution is -0.132. The molecule has 0 aromatic rings. The van der Waals surface area contributed by atoms with Crippen molar-refractivity contribution in [2.45, 2.75) is 192 Å². The Labute approximate surface area is 235 Å². The summed E-state index contributed by atoms with van der Waals surface area (Å²) in [5, 5.41) is 42.7. The van der Waals surface area contributed by atoms with Crippen LogP contribution < -0.4 is 5.32 Å². The second-order valence-corrected chi connectivity index (χ2v) is 11.5. The van der Waals surface area contributed by atoms with E-state index in [1.54, 1.807) is 0 Å². The van der Waals surface area contributed by atoms with Crippen LogP contribution in [0.5, 0.6) is 0 Å². The van der Waals surface area contributed by atoms with E-state index in [2.05, 4.69) is 19.2 Å². The van der Waals surface area contributed by atoms with Crippen molar-refractivity contribution in [3.8, 4) is 0 Å². The second-order valence-electron chi connectivity index (χ2n) is 11.5. The minimum Gasteiger partial charge on any atom is -0.394 e. The van der Waals surface area contributed by atoms with Gasteiger partial charge in [0.05, 0.1) is 18.8 Å². The van der Waals surface area contributed by atoms with E-state index in [4.69, 9.17) is 0 Å². The number of amides is 1. The maximum Gasteiger partial charge on any atom is 0.249 e. The van der Waals surface area contributed by atoms with Gasteiger partial charge in [0, 0.05) is 0 Å². The highest BCUT2D eigenvalue weighted by molar-refractivity contribution is 5.80. The van der Waals surface area contributed by atoms with Gasteiger partial charge in [-0.15, -0.1) is 0 Å². The van der Waals surface area contributed by atoms with Crippen molar-refractivity contribution in [2.75, 3.05) is 6.61 Å². The third kappa shape index (κ3) is 22.2. The Morgan fingerprint density at radius 1 is 0.553 bits per heavy atom. The summed E-state index contributed by atoms with van der Waals surface area (Å²) in [7, 11) is 0. The zero-order valence-electron chi connectivity index (χ0n) is 25.2. The van der Waals surface area contributed by atoms with E-state index in [0.717, 1.165) is 44.9 Å². The fourth-order valence-electron chi connectivity index (χ4n) is 5.11. The average Bonchev–Trinajstić information content (AvgIpc) is 2.92. The van der Waals surface area contributed by atoms with E-state index < -0.39 is 36.9 Å². The quantitative estimate of drug-likeness (QED) is 0.0656. The van der Waals surface area contributed by atoms with Crippen molar-refractivity contribution < 1.29 is 25.2 Å². The van der Waals surface area contributed by atoms with E-state index in [1.807, 2.05) is 0 Å². The lowest BCUT2D eigenvalue weighted by atomic mass is 9.99. The molecule has 0 heterocycles. The van der Waals surface area contributed by atoms with Gasteiger partial charge in [-0.3, -0.25) is 4.79 Å². The van der Waals surface area contributed by atoms with E-state index in [0.29, 0.717) is 12.8 Å². The van der Waals surface area contributed by atoms with Crippen LogP contribution in [0.3, 0.4) is 0 Å².